The van der Waals surface area contributed by atoms with Gasteiger partial charge in [0.05, 0.1) is 6.54 Å². The van der Waals surface area contributed by atoms with Crippen molar-refractivity contribution in [3.05, 3.63) is 40.6 Å². The van der Waals surface area contributed by atoms with Crippen LogP contribution in [-0.2, 0) is 20.0 Å². The smallest absolute Gasteiger partial charge is 0.122 e. The van der Waals surface area contributed by atoms with Gasteiger partial charge in [-0.25, -0.2) is 4.98 Å². The topological polar surface area (TPSA) is 29.9 Å². The van der Waals surface area contributed by atoms with Crippen molar-refractivity contribution in [3.8, 4) is 0 Å². The summed E-state index contributed by atoms with van der Waals surface area (Å²) in [5.74, 6) is 1.08. The Balaban J connectivity index is 1.80. The van der Waals surface area contributed by atoms with E-state index in [9.17, 15) is 0 Å². The summed E-state index contributed by atoms with van der Waals surface area (Å²) in [6.45, 7) is 3.04. The second kappa shape index (κ2) is 5.27. The van der Waals surface area contributed by atoms with Crippen molar-refractivity contribution < 1.29 is 0 Å². The third-order valence-electron chi connectivity index (χ3n) is 2.65. The van der Waals surface area contributed by atoms with E-state index in [4.69, 9.17) is 0 Å². The SMILES string of the molecule is CC(Cc1ccsc1)NCc1nccn1C. The molecule has 0 saturated carbocycles. The van der Waals surface area contributed by atoms with Gasteiger partial charge in [0, 0.05) is 25.5 Å². The maximum Gasteiger partial charge on any atom is 0.122 e. The summed E-state index contributed by atoms with van der Waals surface area (Å²) in [6, 6.07) is 2.66. The maximum atomic E-state index is 4.29. The lowest BCUT2D eigenvalue weighted by molar-refractivity contribution is 0.526. The third-order valence-corrected chi connectivity index (χ3v) is 3.38. The van der Waals surface area contributed by atoms with Gasteiger partial charge in [-0.15, -0.1) is 0 Å². The van der Waals surface area contributed by atoms with E-state index in [0.717, 1.165) is 18.8 Å². The lowest BCUT2D eigenvalue weighted by Crippen LogP contribution is -2.28. The van der Waals surface area contributed by atoms with Gasteiger partial charge in [-0.1, -0.05) is 0 Å². The monoisotopic (exact) mass is 235 g/mol. The molecule has 0 amide bonds. The highest BCUT2D eigenvalue weighted by Crippen LogP contribution is 2.08. The lowest BCUT2D eigenvalue weighted by atomic mass is 10.1. The zero-order valence-electron chi connectivity index (χ0n) is 9.68. The molecular formula is C12H17N3S. The Bertz CT molecular complexity index is 419. The number of rotatable bonds is 5. The normalized spacial score (nSPS) is 12.9. The standard InChI is InChI=1S/C12H17N3S/c1-10(7-11-3-6-16-9-11)14-8-12-13-4-5-15(12)2/h3-6,9-10,14H,7-8H2,1-2H3. The highest BCUT2D eigenvalue weighted by molar-refractivity contribution is 7.07. The molecule has 0 aromatic carbocycles. The molecule has 0 aliphatic rings. The van der Waals surface area contributed by atoms with E-state index in [1.807, 2.05) is 24.0 Å². The maximum absolute atomic E-state index is 4.29. The number of hydrogen-bond acceptors (Lipinski definition) is 3. The Hall–Kier alpha value is -1.13. The van der Waals surface area contributed by atoms with Gasteiger partial charge in [-0.2, -0.15) is 11.3 Å². The number of imidazole rings is 1. The van der Waals surface area contributed by atoms with Gasteiger partial charge in [0.1, 0.15) is 5.82 Å². The molecule has 1 unspecified atom stereocenters. The molecule has 2 aromatic heterocycles. The van der Waals surface area contributed by atoms with Crippen LogP contribution in [0.2, 0.25) is 0 Å². The van der Waals surface area contributed by atoms with Gasteiger partial charge in [0.2, 0.25) is 0 Å². The quantitative estimate of drug-likeness (QED) is 0.861. The summed E-state index contributed by atoms with van der Waals surface area (Å²) in [4.78, 5) is 4.29. The average Bonchev–Trinajstić information content (AvgIpc) is 2.87. The van der Waals surface area contributed by atoms with Crippen LogP contribution in [0.5, 0.6) is 0 Å². The van der Waals surface area contributed by atoms with E-state index in [1.54, 1.807) is 11.3 Å². The lowest BCUT2D eigenvalue weighted by Gasteiger charge is -2.12. The number of aromatic nitrogens is 2. The van der Waals surface area contributed by atoms with Crippen LogP contribution in [0.1, 0.15) is 18.3 Å². The van der Waals surface area contributed by atoms with Crippen LogP contribution in [0, 0.1) is 0 Å². The fourth-order valence-corrected chi connectivity index (χ4v) is 2.35. The number of thiophene rings is 1. The van der Waals surface area contributed by atoms with Crippen molar-refractivity contribution in [2.45, 2.75) is 25.9 Å². The predicted octanol–water partition coefficient (Wildman–Crippen LogP) is 2.20. The first kappa shape index (κ1) is 11.4. The number of hydrogen-bond donors (Lipinski definition) is 1. The molecule has 0 aliphatic heterocycles. The van der Waals surface area contributed by atoms with E-state index in [1.165, 1.54) is 5.56 Å². The third kappa shape index (κ3) is 2.93. The molecule has 2 rings (SSSR count). The van der Waals surface area contributed by atoms with Crippen LogP contribution in [-0.4, -0.2) is 15.6 Å². The van der Waals surface area contributed by atoms with Crippen molar-refractivity contribution in [3.63, 3.8) is 0 Å². The second-order valence-electron chi connectivity index (χ2n) is 4.07. The summed E-state index contributed by atoms with van der Waals surface area (Å²) >= 11 is 1.76. The zero-order chi connectivity index (χ0) is 11.4. The largest absolute Gasteiger partial charge is 0.337 e. The van der Waals surface area contributed by atoms with Gasteiger partial charge in [-0.3, -0.25) is 0 Å². The van der Waals surface area contributed by atoms with Crippen LogP contribution in [0.4, 0.5) is 0 Å². The molecule has 16 heavy (non-hydrogen) atoms. The van der Waals surface area contributed by atoms with Gasteiger partial charge in [0.25, 0.3) is 0 Å². The highest BCUT2D eigenvalue weighted by Gasteiger charge is 2.05. The molecule has 2 aromatic rings. The molecule has 0 radical (unpaired) electrons. The number of nitrogens with one attached hydrogen (secondary N) is 1. The molecule has 0 fully saturated rings. The van der Waals surface area contributed by atoms with E-state index in [-0.39, 0.29) is 0 Å². The first-order valence-corrected chi connectivity index (χ1v) is 6.40. The molecule has 2 heterocycles. The Morgan fingerprint density at radius 1 is 1.56 bits per heavy atom. The van der Waals surface area contributed by atoms with Crippen LogP contribution in [0.25, 0.3) is 0 Å². The minimum atomic E-state index is 0.478. The van der Waals surface area contributed by atoms with Crippen molar-refractivity contribution in [2.24, 2.45) is 7.05 Å². The molecule has 0 aliphatic carbocycles. The molecule has 86 valence electrons. The minimum absolute atomic E-state index is 0.478. The van der Waals surface area contributed by atoms with Gasteiger partial charge >= 0.3 is 0 Å². The molecular weight excluding hydrogens is 218 g/mol. The van der Waals surface area contributed by atoms with Crippen LogP contribution in [0.15, 0.2) is 29.2 Å². The minimum Gasteiger partial charge on any atom is -0.337 e. The van der Waals surface area contributed by atoms with Crippen LogP contribution >= 0.6 is 11.3 Å². The van der Waals surface area contributed by atoms with E-state index in [0.29, 0.717) is 6.04 Å². The molecule has 0 spiro atoms. The Labute approximate surface area is 100 Å². The van der Waals surface area contributed by atoms with E-state index in [2.05, 4.69) is 34.1 Å². The highest BCUT2D eigenvalue weighted by atomic mass is 32.1. The summed E-state index contributed by atoms with van der Waals surface area (Å²) in [5, 5.41) is 7.82. The van der Waals surface area contributed by atoms with Crippen LogP contribution in [0.3, 0.4) is 0 Å². The predicted molar refractivity (Wildman–Crippen MR) is 67.5 cm³/mol. The van der Waals surface area contributed by atoms with Gasteiger partial charge in [-0.05, 0) is 35.7 Å². The Morgan fingerprint density at radius 2 is 2.44 bits per heavy atom. The van der Waals surface area contributed by atoms with Crippen molar-refractivity contribution in [1.82, 2.24) is 14.9 Å². The second-order valence-corrected chi connectivity index (χ2v) is 4.85. The molecule has 0 bridgehead atoms. The van der Waals surface area contributed by atoms with Crippen molar-refractivity contribution >= 4 is 11.3 Å². The number of nitrogens with zero attached hydrogens (tertiary/aromatic N) is 2. The first-order chi connectivity index (χ1) is 7.75. The van der Waals surface area contributed by atoms with E-state index >= 15 is 0 Å². The number of aryl methyl sites for hydroxylation is 1. The summed E-state index contributed by atoms with van der Waals surface area (Å²) in [5.41, 5.74) is 1.41. The Morgan fingerprint density at radius 3 is 3.06 bits per heavy atom. The van der Waals surface area contributed by atoms with E-state index < -0.39 is 0 Å². The van der Waals surface area contributed by atoms with Gasteiger partial charge < -0.3 is 9.88 Å². The molecule has 3 nitrogen and oxygen atoms in total. The molecule has 4 heteroatoms. The molecule has 1 atom stereocenters. The van der Waals surface area contributed by atoms with Gasteiger partial charge in [0.15, 0.2) is 0 Å². The Kier molecular flexibility index (Phi) is 3.74. The molecule has 0 saturated heterocycles. The summed E-state index contributed by atoms with van der Waals surface area (Å²) in [6.07, 6.45) is 4.88. The van der Waals surface area contributed by atoms with Crippen molar-refractivity contribution in [1.29, 1.82) is 0 Å². The summed E-state index contributed by atoms with van der Waals surface area (Å²) < 4.78 is 2.05. The molecule has 1 N–H and O–H groups in total. The fraction of sp³-hybridized carbons (Fsp3) is 0.417. The van der Waals surface area contributed by atoms with Crippen LogP contribution < -0.4 is 5.32 Å². The fourth-order valence-electron chi connectivity index (χ4n) is 1.67. The zero-order valence-corrected chi connectivity index (χ0v) is 10.5. The first-order valence-electron chi connectivity index (χ1n) is 5.46. The summed E-state index contributed by atoms with van der Waals surface area (Å²) in [7, 11) is 2.02. The average molecular weight is 235 g/mol. The van der Waals surface area contributed by atoms with Crippen molar-refractivity contribution in [2.75, 3.05) is 0 Å².